The first-order chi connectivity index (χ1) is 10.1. The van der Waals surface area contributed by atoms with Crippen molar-refractivity contribution in [3.8, 4) is 0 Å². The summed E-state index contributed by atoms with van der Waals surface area (Å²) in [6.45, 7) is 15.1. The van der Waals surface area contributed by atoms with Crippen LogP contribution in [0.4, 0.5) is 0 Å². The molecule has 0 atom stereocenters. The van der Waals surface area contributed by atoms with Crippen molar-refractivity contribution in [3.63, 3.8) is 0 Å². The Labute approximate surface area is 134 Å². The highest BCUT2D eigenvalue weighted by molar-refractivity contribution is 6.60. The minimum Gasteiger partial charge on any atom is -0.374 e. The van der Waals surface area contributed by atoms with Crippen molar-refractivity contribution < 1.29 is 13.3 Å². The summed E-state index contributed by atoms with van der Waals surface area (Å²) in [6.07, 6.45) is 7.36. The molecule has 0 unspecified atom stereocenters. The average Bonchev–Trinajstić information content (AvgIpc) is 2.46. The first-order valence-corrected chi connectivity index (χ1v) is 10.9. The summed E-state index contributed by atoms with van der Waals surface area (Å²) in [4.78, 5) is 0. The van der Waals surface area contributed by atoms with Gasteiger partial charge in [0.2, 0.25) is 0 Å². The zero-order valence-electron chi connectivity index (χ0n) is 15.3. The van der Waals surface area contributed by atoms with Crippen LogP contribution in [0.25, 0.3) is 0 Å². The third-order valence-electron chi connectivity index (χ3n) is 4.10. The Morgan fingerprint density at radius 3 is 1.38 bits per heavy atom. The van der Waals surface area contributed by atoms with Crippen LogP contribution in [0.1, 0.15) is 80.1 Å². The SMILES string of the molecule is CCCC(CCC)(CCC)CO[Si](CC)(OCC)OCC. The van der Waals surface area contributed by atoms with E-state index in [0.717, 1.165) is 12.7 Å². The molecule has 0 rings (SSSR count). The van der Waals surface area contributed by atoms with Gasteiger partial charge in [0, 0.05) is 25.9 Å². The van der Waals surface area contributed by atoms with Crippen LogP contribution in [-0.2, 0) is 13.3 Å². The maximum atomic E-state index is 6.38. The molecule has 128 valence electrons. The topological polar surface area (TPSA) is 27.7 Å². The van der Waals surface area contributed by atoms with Gasteiger partial charge in [-0.25, -0.2) is 0 Å². The van der Waals surface area contributed by atoms with E-state index >= 15 is 0 Å². The van der Waals surface area contributed by atoms with Gasteiger partial charge in [-0.05, 0) is 38.5 Å². The molecular weight excluding hydrogens is 280 g/mol. The van der Waals surface area contributed by atoms with Crippen molar-refractivity contribution in [3.05, 3.63) is 0 Å². The largest absolute Gasteiger partial charge is 0.500 e. The molecule has 3 nitrogen and oxygen atoms in total. The van der Waals surface area contributed by atoms with E-state index in [2.05, 4.69) is 27.7 Å². The number of rotatable bonds is 14. The lowest BCUT2D eigenvalue weighted by molar-refractivity contribution is 0.0185. The summed E-state index contributed by atoms with van der Waals surface area (Å²) < 4.78 is 18.3. The predicted molar refractivity (Wildman–Crippen MR) is 92.6 cm³/mol. The molecule has 21 heavy (non-hydrogen) atoms. The van der Waals surface area contributed by atoms with Crippen molar-refractivity contribution in [2.75, 3.05) is 19.8 Å². The van der Waals surface area contributed by atoms with E-state index in [1.54, 1.807) is 0 Å². The van der Waals surface area contributed by atoms with Crippen molar-refractivity contribution >= 4 is 8.80 Å². The first-order valence-electron chi connectivity index (χ1n) is 8.99. The first kappa shape index (κ1) is 21.1. The van der Waals surface area contributed by atoms with E-state index < -0.39 is 8.80 Å². The molecular formula is C17H38O3Si. The molecule has 0 aliphatic heterocycles. The minimum absolute atomic E-state index is 0.305. The molecule has 0 radical (unpaired) electrons. The van der Waals surface area contributed by atoms with E-state index in [-0.39, 0.29) is 0 Å². The van der Waals surface area contributed by atoms with Gasteiger partial charge in [-0.15, -0.1) is 0 Å². The standard InChI is InChI=1S/C17H38O3Si/c1-7-13-17(14-8-2,15-9-3)16-20-21(12-6,18-10-4)19-11-5/h7-16H2,1-6H3. The molecule has 0 aromatic rings. The van der Waals surface area contributed by atoms with E-state index in [0.29, 0.717) is 18.6 Å². The lowest BCUT2D eigenvalue weighted by Crippen LogP contribution is -2.47. The molecule has 0 aromatic carbocycles. The molecule has 0 N–H and O–H groups in total. The summed E-state index contributed by atoms with van der Waals surface area (Å²) in [5.41, 5.74) is 0.305. The Morgan fingerprint density at radius 1 is 0.667 bits per heavy atom. The van der Waals surface area contributed by atoms with Gasteiger partial charge in [-0.3, -0.25) is 0 Å². The second-order valence-corrected chi connectivity index (χ2v) is 8.88. The fourth-order valence-corrected chi connectivity index (χ4v) is 5.58. The van der Waals surface area contributed by atoms with Crippen molar-refractivity contribution in [1.29, 1.82) is 0 Å². The summed E-state index contributed by atoms with van der Waals surface area (Å²) in [5.74, 6) is 0. The molecule has 0 aromatic heterocycles. The van der Waals surface area contributed by atoms with Crippen LogP contribution in [0, 0.1) is 5.41 Å². The Balaban J connectivity index is 4.94. The molecule has 0 bridgehead atoms. The number of hydrogen-bond acceptors (Lipinski definition) is 3. The summed E-state index contributed by atoms with van der Waals surface area (Å²) in [6, 6.07) is 0.856. The minimum atomic E-state index is -2.47. The molecule has 0 saturated carbocycles. The Kier molecular flexibility index (Phi) is 11.7. The third kappa shape index (κ3) is 7.27. The van der Waals surface area contributed by atoms with Gasteiger partial charge in [0.25, 0.3) is 0 Å². The van der Waals surface area contributed by atoms with Gasteiger partial charge < -0.3 is 13.3 Å². The van der Waals surface area contributed by atoms with Crippen LogP contribution in [0.3, 0.4) is 0 Å². The normalized spacial score (nSPS) is 12.9. The lowest BCUT2D eigenvalue weighted by atomic mass is 9.76. The lowest BCUT2D eigenvalue weighted by Gasteiger charge is -2.37. The zero-order chi connectivity index (χ0) is 16.2. The van der Waals surface area contributed by atoms with E-state index in [1.807, 2.05) is 13.8 Å². The van der Waals surface area contributed by atoms with Gasteiger partial charge in [-0.2, -0.15) is 0 Å². The van der Waals surface area contributed by atoms with E-state index in [4.69, 9.17) is 13.3 Å². The highest BCUT2D eigenvalue weighted by Gasteiger charge is 2.41. The highest BCUT2D eigenvalue weighted by Crippen LogP contribution is 2.36. The van der Waals surface area contributed by atoms with Gasteiger partial charge in [0.05, 0.1) is 0 Å². The fourth-order valence-electron chi connectivity index (χ4n) is 3.32. The quantitative estimate of drug-likeness (QED) is 0.400. The number of hydrogen-bond donors (Lipinski definition) is 0. The molecule has 0 amide bonds. The van der Waals surface area contributed by atoms with Gasteiger partial charge in [0.1, 0.15) is 0 Å². The molecule has 0 aliphatic rings. The highest BCUT2D eigenvalue weighted by atomic mass is 28.4. The van der Waals surface area contributed by atoms with Crippen molar-refractivity contribution in [2.45, 2.75) is 86.1 Å². The van der Waals surface area contributed by atoms with Crippen LogP contribution >= 0.6 is 0 Å². The Hall–Kier alpha value is 0.0969. The van der Waals surface area contributed by atoms with Gasteiger partial charge in [-0.1, -0.05) is 47.0 Å². The summed E-state index contributed by atoms with van der Waals surface area (Å²) in [7, 11) is -2.47. The van der Waals surface area contributed by atoms with Crippen LogP contribution in [0.2, 0.25) is 6.04 Å². The average molecular weight is 319 g/mol. The van der Waals surface area contributed by atoms with E-state index in [1.165, 1.54) is 38.5 Å². The second kappa shape index (κ2) is 11.6. The molecule has 0 aliphatic carbocycles. The van der Waals surface area contributed by atoms with Crippen LogP contribution in [0.5, 0.6) is 0 Å². The Morgan fingerprint density at radius 2 is 1.10 bits per heavy atom. The zero-order valence-corrected chi connectivity index (χ0v) is 16.3. The van der Waals surface area contributed by atoms with Gasteiger partial charge >= 0.3 is 8.80 Å². The Bertz CT molecular complexity index is 223. The van der Waals surface area contributed by atoms with E-state index in [9.17, 15) is 0 Å². The molecule has 0 fully saturated rings. The smallest absolute Gasteiger partial charge is 0.374 e. The van der Waals surface area contributed by atoms with Crippen molar-refractivity contribution in [1.82, 2.24) is 0 Å². The molecule has 0 spiro atoms. The third-order valence-corrected chi connectivity index (χ3v) is 7.01. The maximum Gasteiger partial charge on any atom is 0.500 e. The maximum absolute atomic E-state index is 6.38. The summed E-state index contributed by atoms with van der Waals surface area (Å²) >= 11 is 0. The molecule has 0 saturated heterocycles. The van der Waals surface area contributed by atoms with Crippen LogP contribution in [0.15, 0.2) is 0 Å². The molecule has 4 heteroatoms. The predicted octanol–water partition coefficient (Wildman–Crippen LogP) is 5.42. The van der Waals surface area contributed by atoms with Gasteiger partial charge in [0.15, 0.2) is 0 Å². The second-order valence-electron chi connectivity index (χ2n) is 5.94. The van der Waals surface area contributed by atoms with Crippen molar-refractivity contribution in [2.24, 2.45) is 5.41 Å². The van der Waals surface area contributed by atoms with Crippen LogP contribution < -0.4 is 0 Å². The fraction of sp³-hybridized carbons (Fsp3) is 1.00. The molecule has 0 heterocycles. The summed E-state index contributed by atoms with van der Waals surface area (Å²) in [5, 5.41) is 0. The monoisotopic (exact) mass is 318 g/mol. The van der Waals surface area contributed by atoms with Crippen LogP contribution in [-0.4, -0.2) is 28.6 Å².